The number of ether oxygens (including phenoxy) is 1. The van der Waals surface area contributed by atoms with Gasteiger partial charge in [-0.2, -0.15) is 0 Å². The average molecular weight is 308 g/mol. The van der Waals surface area contributed by atoms with E-state index in [0.717, 1.165) is 19.3 Å². The lowest BCUT2D eigenvalue weighted by Crippen LogP contribution is -2.57. The first-order chi connectivity index (χ1) is 10.5. The van der Waals surface area contributed by atoms with Crippen molar-refractivity contribution >= 4 is 17.8 Å². The van der Waals surface area contributed by atoms with E-state index in [4.69, 9.17) is 4.74 Å². The molecule has 1 aliphatic carbocycles. The molecule has 0 aromatic carbocycles. The summed E-state index contributed by atoms with van der Waals surface area (Å²) in [5.74, 6) is -1.88. The number of allylic oxidation sites excluding steroid dienone is 2. The van der Waals surface area contributed by atoms with Gasteiger partial charge >= 0.3 is 5.97 Å². The summed E-state index contributed by atoms with van der Waals surface area (Å²) >= 11 is 0. The van der Waals surface area contributed by atoms with Crippen molar-refractivity contribution in [2.75, 3.05) is 13.2 Å². The van der Waals surface area contributed by atoms with Crippen LogP contribution in [0, 0.1) is 0 Å². The Morgan fingerprint density at radius 3 is 2.55 bits per heavy atom. The second-order valence-electron chi connectivity index (χ2n) is 5.45. The summed E-state index contributed by atoms with van der Waals surface area (Å²) in [6.07, 6.45) is 8.31. The predicted molar refractivity (Wildman–Crippen MR) is 77.8 cm³/mol. The Bertz CT molecular complexity index is 518. The monoisotopic (exact) mass is 308 g/mol. The van der Waals surface area contributed by atoms with E-state index in [-0.39, 0.29) is 12.3 Å². The molecule has 7 heteroatoms. The van der Waals surface area contributed by atoms with E-state index >= 15 is 0 Å². The lowest BCUT2D eigenvalue weighted by atomic mass is 9.81. The molecule has 3 N–H and O–H groups in total. The number of carbonyl (C=O) groups is 3. The Labute approximate surface area is 128 Å². The van der Waals surface area contributed by atoms with Crippen LogP contribution < -0.4 is 10.6 Å². The van der Waals surface area contributed by atoms with Crippen LogP contribution in [0.3, 0.4) is 0 Å². The summed E-state index contributed by atoms with van der Waals surface area (Å²) < 4.78 is 5.12. The van der Waals surface area contributed by atoms with Crippen LogP contribution in [0.4, 0.5) is 0 Å². The standard InChI is InChI=1S/C15H20N2O5/c18-12(10-16-13(19)11-6-2-5-9-22-11)17-15(14(20)21)7-3-1-4-8-15/h2,5-6H,1,3-4,7-10H2,(H,16,19)(H,17,18)(H,20,21). The molecule has 2 aliphatic rings. The van der Waals surface area contributed by atoms with Gasteiger partial charge in [-0.25, -0.2) is 4.79 Å². The average Bonchev–Trinajstić information content (AvgIpc) is 2.54. The molecule has 0 bridgehead atoms. The van der Waals surface area contributed by atoms with E-state index in [1.54, 1.807) is 12.2 Å². The number of carboxylic acids is 1. The van der Waals surface area contributed by atoms with Gasteiger partial charge in [0.2, 0.25) is 5.91 Å². The van der Waals surface area contributed by atoms with Gasteiger partial charge < -0.3 is 20.5 Å². The highest BCUT2D eigenvalue weighted by molar-refractivity contribution is 5.95. The molecule has 22 heavy (non-hydrogen) atoms. The zero-order chi connectivity index (χ0) is 16.0. The second kappa shape index (κ2) is 7.11. The zero-order valence-corrected chi connectivity index (χ0v) is 12.3. The minimum atomic E-state index is -1.20. The number of hydrogen-bond donors (Lipinski definition) is 3. The molecule has 0 unspecified atom stereocenters. The van der Waals surface area contributed by atoms with Gasteiger partial charge in [0.25, 0.3) is 5.91 Å². The van der Waals surface area contributed by atoms with E-state index in [1.165, 1.54) is 6.08 Å². The van der Waals surface area contributed by atoms with Crippen LogP contribution in [0.15, 0.2) is 24.0 Å². The third kappa shape index (κ3) is 3.87. The quantitative estimate of drug-likeness (QED) is 0.685. The van der Waals surface area contributed by atoms with E-state index in [9.17, 15) is 19.5 Å². The van der Waals surface area contributed by atoms with Crippen LogP contribution in [0.25, 0.3) is 0 Å². The molecule has 2 rings (SSSR count). The van der Waals surface area contributed by atoms with Gasteiger partial charge in [-0.1, -0.05) is 25.3 Å². The van der Waals surface area contributed by atoms with E-state index in [1.807, 2.05) is 0 Å². The molecule has 120 valence electrons. The lowest BCUT2D eigenvalue weighted by molar-refractivity contribution is -0.149. The van der Waals surface area contributed by atoms with Crippen LogP contribution in [0.1, 0.15) is 32.1 Å². The third-order valence-corrected chi connectivity index (χ3v) is 3.85. The van der Waals surface area contributed by atoms with Gasteiger partial charge in [0.05, 0.1) is 6.54 Å². The highest BCUT2D eigenvalue weighted by Gasteiger charge is 2.40. The number of hydrogen-bond acceptors (Lipinski definition) is 4. The Kier molecular flexibility index (Phi) is 5.19. The van der Waals surface area contributed by atoms with E-state index < -0.39 is 23.3 Å². The van der Waals surface area contributed by atoms with Crippen molar-refractivity contribution in [3.63, 3.8) is 0 Å². The molecule has 0 aromatic heterocycles. The highest BCUT2D eigenvalue weighted by Crippen LogP contribution is 2.28. The van der Waals surface area contributed by atoms with E-state index in [0.29, 0.717) is 19.4 Å². The molecule has 0 atom stereocenters. The molecule has 2 amide bonds. The fourth-order valence-electron chi connectivity index (χ4n) is 2.64. The first-order valence-electron chi connectivity index (χ1n) is 7.36. The van der Waals surface area contributed by atoms with Gasteiger partial charge in [-0.3, -0.25) is 9.59 Å². The van der Waals surface area contributed by atoms with Crippen LogP contribution in [0.5, 0.6) is 0 Å². The van der Waals surface area contributed by atoms with Gasteiger partial charge in [0.15, 0.2) is 5.76 Å². The maximum absolute atomic E-state index is 11.9. The molecule has 1 aliphatic heterocycles. The maximum atomic E-state index is 11.9. The third-order valence-electron chi connectivity index (χ3n) is 3.85. The number of amides is 2. The van der Waals surface area contributed by atoms with Gasteiger partial charge in [-0.15, -0.1) is 0 Å². The summed E-state index contributed by atoms with van der Waals surface area (Å²) in [6.45, 7) is 0.0336. The normalized spacial score (nSPS) is 19.5. The summed E-state index contributed by atoms with van der Waals surface area (Å²) in [5.41, 5.74) is -1.20. The second-order valence-corrected chi connectivity index (χ2v) is 5.45. The first-order valence-corrected chi connectivity index (χ1v) is 7.36. The van der Waals surface area contributed by atoms with Crippen molar-refractivity contribution in [2.45, 2.75) is 37.6 Å². The Hall–Kier alpha value is -2.31. The van der Waals surface area contributed by atoms with Crippen molar-refractivity contribution < 1.29 is 24.2 Å². The predicted octanol–water partition coefficient (Wildman–Crippen LogP) is 0.477. The number of rotatable bonds is 5. The minimum absolute atomic E-state index is 0.140. The molecular formula is C15H20N2O5. The number of nitrogens with one attached hydrogen (secondary N) is 2. The molecule has 1 heterocycles. The van der Waals surface area contributed by atoms with Gasteiger partial charge in [0, 0.05) is 0 Å². The molecule has 0 radical (unpaired) electrons. The maximum Gasteiger partial charge on any atom is 0.329 e. The minimum Gasteiger partial charge on any atom is -0.484 e. The molecule has 0 saturated heterocycles. The van der Waals surface area contributed by atoms with Crippen molar-refractivity contribution in [3.8, 4) is 0 Å². The lowest BCUT2D eigenvalue weighted by Gasteiger charge is -2.34. The molecule has 1 saturated carbocycles. The summed E-state index contributed by atoms with van der Waals surface area (Å²) in [5, 5.41) is 14.4. The smallest absolute Gasteiger partial charge is 0.329 e. The molecule has 0 aromatic rings. The molecule has 1 fully saturated rings. The van der Waals surface area contributed by atoms with Crippen LogP contribution in [0.2, 0.25) is 0 Å². The molecular weight excluding hydrogens is 288 g/mol. The summed E-state index contributed by atoms with van der Waals surface area (Å²) in [7, 11) is 0. The fourth-order valence-corrected chi connectivity index (χ4v) is 2.64. The summed E-state index contributed by atoms with van der Waals surface area (Å²) in [4.78, 5) is 35.2. The largest absolute Gasteiger partial charge is 0.484 e. The molecule has 0 spiro atoms. The Morgan fingerprint density at radius 2 is 1.95 bits per heavy atom. The number of carbonyl (C=O) groups excluding carboxylic acids is 2. The number of carboxylic acid groups (broad SMARTS) is 1. The topological polar surface area (TPSA) is 105 Å². The van der Waals surface area contributed by atoms with Crippen LogP contribution in [-0.4, -0.2) is 41.6 Å². The SMILES string of the molecule is O=C(CNC(=O)C1=CC=CCO1)NC1(C(=O)O)CCCCC1. The van der Waals surface area contributed by atoms with Crippen LogP contribution >= 0.6 is 0 Å². The van der Waals surface area contributed by atoms with Crippen LogP contribution in [-0.2, 0) is 19.1 Å². The highest BCUT2D eigenvalue weighted by atomic mass is 16.5. The zero-order valence-electron chi connectivity index (χ0n) is 12.3. The van der Waals surface area contributed by atoms with Crippen molar-refractivity contribution in [2.24, 2.45) is 0 Å². The Balaban J connectivity index is 1.86. The van der Waals surface area contributed by atoms with Crippen molar-refractivity contribution in [1.29, 1.82) is 0 Å². The first kappa shape index (κ1) is 16.1. The number of aliphatic carboxylic acids is 1. The van der Waals surface area contributed by atoms with E-state index in [2.05, 4.69) is 10.6 Å². The van der Waals surface area contributed by atoms with Gasteiger partial charge in [-0.05, 0) is 25.0 Å². The van der Waals surface area contributed by atoms with Crippen molar-refractivity contribution in [1.82, 2.24) is 10.6 Å². The molecule has 7 nitrogen and oxygen atoms in total. The fraction of sp³-hybridized carbons (Fsp3) is 0.533. The van der Waals surface area contributed by atoms with Gasteiger partial charge in [0.1, 0.15) is 12.1 Å². The Morgan fingerprint density at radius 1 is 1.23 bits per heavy atom. The van der Waals surface area contributed by atoms with Crippen molar-refractivity contribution in [3.05, 3.63) is 24.0 Å². The summed E-state index contributed by atoms with van der Waals surface area (Å²) in [6, 6.07) is 0.